The first-order valence-electron chi connectivity index (χ1n) is 5.89. The first kappa shape index (κ1) is 12.8. The summed E-state index contributed by atoms with van der Waals surface area (Å²) in [6.45, 7) is 2.28. The van der Waals surface area contributed by atoms with Gasteiger partial charge in [0.15, 0.2) is 0 Å². The lowest BCUT2D eigenvalue weighted by Crippen LogP contribution is -2.39. The van der Waals surface area contributed by atoms with Gasteiger partial charge in [0.25, 0.3) is 11.1 Å². The molecule has 94 valence electrons. The molecular formula is C14H15NO2S. The maximum Gasteiger partial charge on any atom is 0.266 e. The van der Waals surface area contributed by atoms with Gasteiger partial charge in [-0.2, -0.15) is 0 Å². The minimum Gasteiger partial charge on any atom is -0.468 e. The molecule has 1 heterocycles. The van der Waals surface area contributed by atoms with Crippen molar-refractivity contribution in [3.8, 4) is 0 Å². The number of carbonyl (C=O) groups excluding carboxylic acids is 1. The smallest absolute Gasteiger partial charge is 0.266 e. The fourth-order valence-corrected chi connectivity index (χ4v) is 2.30. The molecule has 1 amide bonds. The molecule has 0 aromatic heterocycles. The first-order valence-corrected chi connectivity index (χ1v) is 6.29. The number of allylic oxidation sites excluding steroid dienone is 1. The van der Waals surface area contributed by atoms with E-state index < -0.39 is 0 Å². The van der Waals surface area contributed by atoms with Crippen molar-refractivity contribution >= 4 is 23.3 Å². The lowest BCUT2D eigenvalue weighted by Gasteiger charge is -2.19. The van der Waals surface area contributed by atoms with Crippen molar-refractivity contribution in [2.45, 2.75) is 19.4 Å². The molecule has 0 N–H and O–H groups in total. The summed E-state index contributed by atoms with van der Waals surface area (Å²) < 4.78 is 5.32. The van der Waals surface area contributed by atoms with Crippen molar-refractivity contribution in [3.05, 3.63) is 48.0 Å². The highest BCUT2D eigenvalue weighted by atomic mass is 32.1. The van der Waals surface area contributed by atoms with Crippen LogP contribution in [0.1, 0.15) is 12.5 Å². The Hall–Kier alpha value is -1.68. The van der Waals surface area contributed by atoms with Crippen LogP contribution in [0.2, 0.25) is 0 Å². The fraction of sp³-hybridized carbons (Fsp3) is 0.286. The standard InChI is InChI=1S/C14H15NO2S/c1-2-6-13(16)15-12(10-17-14(15)18)9-11-7-4-3-5-8-11/h2-8,12H,9-10H2,1H3/b6-2+/t12-/m0/s1. The van der Waals surface area contributed by atoms with Gasteiger partial charge in [-0.05, 0) is 37.2 Å². The van der Waals surface area contributed by atoms with Gasteiger partial charge < -0.3 is 4.74 Å². The van der Waals surface area contributed by atoms with Crippen molar-refractivity contribution in [2.75, 3.05) is 6.61 Å². The second-order valence-corrected chi connectivity index (χ2v) is 4.48. The summed E-state index contributed by atoms with van der Waals surface area (Å²) in [5.74, 6) is -0.110. The van der Waals surface area contributed by atoms with Crippen molar-refractivity contribution in [2.24, 2.45) is 0 Å². The Bertz CT molecular complexity index is 470. The summed E-state index contributed by atoms with van der Waals surface area (Å²) >= 11 is 5.07. The van der Waals surface area contributed by atoms with E-state index in [1.54, 1.807) is 11.0 Å². The Morgan fingerprint density at radius 1 is 1.50 bits per heavy atom. The summed E-state index contributed by atoms with van der Waals surface area (Å²) in [6, 6.07) is 10.0. The molecule has 0 spiro atoms. The molecule has 1 aromatic carbocycles. The van der Waals surface area contributed by atoms with E-state index in [4.69, 9.17) is 17.0 Å². The lowest BCUT2D eigenvalue weighted by molar-refractivity contribution is -0.123. The van der Waals surface area contributed by atoms with E-state index in [1.165, 1.54) is 11.6 Å². The number of benzene rings is 1. The van der Waals surface area contributed by atoms with Gasteiger partial charge in [0, 0.05) is 0 Å². The fourth-order valence-electron chi connectivity index (χ4n) is 1.99. The van der Waals surface area contributed by atoms with E-state index in [2.05, 4.69) is 0 Å². The molecule has 1 saturated heterocycles. The van der Waals surface area contributed by atoms with Gasteiger partial charge in [-0.1, -0.05) is 36.4 Å². The van der Waals surface area contributed by atoms with Crippen LogP contribution in [0.4, 0.5) is 0 Å². The van der Waals surface area contributed by atoms with Crippen LogP contribution >= 0.6 is 12.2 Å². The summed E-state index contributed by atoms with van der Waals surface area (Å²) in [5.41, 5.74) is 1.18. The Balaban J connectivity index is 2.12. The summed E-state index contributed by atoms with van der Waals surface area (Å²) in [5, 5.41) is 0.277. The summed E-state index contributed by atoms with van der Waals surface area (Å²) in [6.07, 6.45) is 3.98. The highest BCUT2D eigenvalue weighted by Crippen LogP contribution is 2.18. The number of amides is 1. The van der Waals surface area contributed by atoms with Gasteiger partial charge in [-0.15, -0.1) is 0 Å². The van der Waals surface area contributed by atoms with Crippen LogP contribution in [0.3, 0.4) is 0 Å². The molecule has 0 bridgehead atoms. The SMILES string of the molecule is C/C=C/C(=O)N1C(=S)OC[C@@H]1Cc1ccccc1. The lowest BCUT2D eigenvalue weighted by atomic mass is 10.1. The summed E-state index contributed by atoms with van der Waals surface area (Å²) in [7, 11) is 0. The molecule has 1 atom stereocenters. The maximum atomic E-state index is 11.9. The average Bonchev–Trinajstić information content (AvgIpc) is 2.72. The number of carbonyl (C=O) groups is 1. The molecule has 2 rings (SSSR count). The zero-order valence-electron chi connectivity index (χ0n) is 10.2. The van der Waals surface area contributed by atoms with Crippen LogP contribution in [0.25, 0.3) is 0 Å². The zero-order chi connectivity index (χ0) is 13.0. The first-order chi connectivity index (χ1) is 8.72. The number of hydrogen-bond acceptors (Lipinski definition) is 3. The van der Waals surface area contributed by atoms with Crippen LogP contribution in [0.15, 0.2) is 42.5 Å². The van der Waals surface area contributed by atoms with E-state index in [-0.39, 0.29) is 17.1 Å². The zero-order valence-corrected chi connectivity index (χ0v) is 11.0. The van der Waals surface area contributed by atoms with Crippen molar-refractivity contribution in [1.82, 2.24) is 4.90 Å². The van der Waals surface area contributed by atoms with E-state index in [1.807, 2.05) is 37.3 Å². The molecule has 0 saturated carbocycles. The minimum absolute atomic E-state index is 0.0106. The van der Waals surface area contributed by atoms with Crippen LogP contribution < -0.4 is 0 Å². The van der Waals surface area contributed by atoms with Crippen LogP contribution in [0.5, 0.6) is 0 Å². The van der Waals surface area contributed by atoms with Crippen molar-refractivity contribution in [1.29, 1.82) is 0 Å². The molecule has 0 unspecified atom stereocenters. The third-order valence-electron chi connectivity index (χ3n) is 2.82. The van der Waals surface area contributed by atoms with Gasteiger partial charge in [0.2, 0.25) is 0 Å². The maximum absolute atomic E-state index is 11.9. The predicted molar refractivity (Wildman–Crippen MR) is 74.1 cm³/mol. The Morgan fingerprint density at radius 3 is 2.89 bits per heavy atom. The van der Waals surface area contributed by atoms with Crippen molar-refractivity contribution < 1.29 is 9.53 Å². The van der Waals surface area contributed by atoms with Crippen LogP contribution in [0, 0.1) is 0 Å². The minimum atomic E-state index is -0.110. The van der Waals surface area contributed by atoms with Gasteiger partial charge in [0.05, 0.1) is 6.04 Å². The number of nitrogens with zero attached hydrogens (tertiary/aromatic N) is 1. The van der Waals surface area contributed by atoms with Gasteiger partial charge >= 0.3 is 0 Å². The normalized spacial score (nSPS) is 19.3. The van der Waals surface area contributed by atoms with E-state index in [0.717, 1.165) is 6.42 Å². The average molecular weight is 261 g/mol. The predicted octanol–water partition coefficient (Wildman–Crippen LogP) is 2.32. The Kier molecular flexibility index (Phi) is 4.10. The van der Waals surface area contributed by atoms with Gasteiger partial charge in [-0.25, -0.2) is 0 Å². The number of rotatable bonds is 3. The number of ether oxygens (including phenoxy) is 1. The Labute approximate surface area is 112 Å². The highest BCUT2D eigenvalue weighted by Gasteiger charge is 2.33. The van der Waals surface area contributed by atoms with Gasteiger partial charge in [-0.3, -0.25) is 9.69 Å². The number of thiocarbonyl (C=S) groups is 1. The van der Waals surface area contributed by atoms with E-state index in [0.29, 0.717) is 6.61 Å². The van der Waals surface area contributed by atoms with Gasteiger partial charge in [0.1, 0.15) is 6.61 Å². The van der Waals surface area contributed by atoms with Crippen LogP contribution in [-0.2, 0) is 16.0 Å². The molecule has 1 aliphatic heterocycles. The quantitative estimate of drug-likeness (QED) is 0.618. The molecule has 0 radical (unpaired) electrons. The molecule has 4 heteroatoms. The molecule has 18 heavy (non-hydrogen) atoms. The topological polar surface area (TPSA) is 29.5 Å². The second-order valence-electron chi connectivity index (χ2n) is 4.13. The Morgan fingerprint density at radius 2 is 2.22 bits per heavy atom. The molecule has 3 nitrogen and oxygen atoms in total. The van der Waals surface area contributed by atoms with Crippen LogP contribution in [-0.4, -0.2) is 28.6 Å². The number of hydrogen-bond donors (Lipinski definition) is 0. The van der Waals surface area contributed by atoms with E-state index in [9.17, 15) is 4.79 Å². The summed E-state index contributed by atoms with van der Waals surface area (Å²) in [4.78, 5) is 13.5. The monoisotopic (exact) mass is 261 g/mol. The molecule has 1 aliphatic rings. The molecule has 0 aliphatic carbocycles. The van der Waals surface area contributed by atoms with Crippen molar-refractivity contribution in [3.63, 3.8) is 0 Å². The third-order valence-corrected chi connectivity index (χ3v) is 3.14. The highest BCUT2D eigenvalue weighted by molar-refractivity contribution is 7.80. The van der Waals surface area contributed by atoms with E-state index >= 15 is 0 Å². The molecule has 1 aromatic rings. The third kappa shape index (κ3) is 2.76. The molecular weight excluding hydrogens is 246 g/mol. The second kappa shape index (κ2) is 5.78. The molecule has 1 fully saturated rings. The largest absolute Gasteiger partial charge is 0.468 e.